The quantitative estimate of drug-likeness (QED) is 0.761. The maximum atomic E-state index is 14.3. The second kappa shape index (κ2) is 3.23. The lowest BCUT2D eigenvalue weighted by Crippen LogP contribution is -2.21. The second-order valence-corrected chi connectivity index (χ2v) is 4.89. The van der Waals surface area contributed by atoms with E-state index in [1.54, 1.807) is 6.08 Å². The summed E-state index contributed by atoms with van der Waals surface area (Å²) in [6.45, 7) is 2.75. The van der Waals surface area contributed by atoms with Crippen molar-refractivity contribution in [2.75, 3.05) is 6.61 Å². The van der Waals surface area contributed by atoms with Crippen molar-refractivity contribution in [2.24, 2.45) is 0 Å². The largest absolute Gasteiger partial charge is 0.494 e. The molecular formula is C15H13FO2. The summed E-state index contributed by atoms with van der Waals surface area (Å²) in [4.78, 5) is 0. The minimum atomic E-state index is -1.57. The predicted molar refractivity (Wildman–Crippen MR) is 66.9 cm³/mol. The van der Waals surface area contributed by atoms with Crippen LogP contribution in [0.2, 0.25) is 0 Å². The molecule has 1 aliphatic heterocycles. The van der Waals surface area contributed by atoms with E-state index >= 15 is 0 Å². The topological polar surface area (TPSA) is 21.8 Å². The molecule has 4 rings (SSSR count). The smallest absolute Gasteiger partial charge is 0.267 e. The van der Waals surface area contributed by atoms with Gasteiger partial charge in [-0.1, -0.05) is 19.1 Å². The monoisotopic (exact) mass is 244 g/mol. The molecule has 1 fully saturated rings. The molecule has 2 unspecified atom stereocenters. The molecule has 92 valence electrons. The number of rotatable bonds is 3. The van der Waals surface area contributed by atoms with E-state index in [9.17, 15) is 4.39 Å². The Morgan fingerprint density at radius 2 is 2.28 bits per heavy atom. The summed E-state index contributed by atoms with van der Waals surface area (Å²) in [6, 6.07) is 5.86. The van der Waals surface area contributed by atoms with Crippen LogP contribution in [0.15, 0.2) is 30.4 Å². The molecular weight excluding hydrogens is 231 g/mol. The first kappa shape index (κ1) is 10.3. The highest BCUT2D eigenvalue weighted by molar-refractivity contribution is 6.12. The Bertz CT molecular complexity index is 603. The van der Waals surface area contributed by atoms with Crippen molar-refractivity contribution in [3.8, 4) is 5.75 Å². The average Bonchev–Trinajstić information content (AvgIpc) is 3.01. The molecule has 0 radical (unpaired) electrons. The van der Waals surface area contributed by atoms with Crippen LogP contribution < -0.4 is 4.74 Å². The zero-order valence-corrected chi connectivity index (χ0v) is 10.1. The molecule has 2 nitrogen and oxygen atoms in total. The van der Waals surface area contributed by atoms with Crippen LogP contribution in [-0.4, -0.2) is 18.6 Å². The van der Waals surface area contributed by atoms with Gasteiger partial charge in [0.15, 0.2) is 0 Å². The summed E-state index contributed by atoms with van der Waals surface area (Å²) in [5.41, 5.74) is 3.71. The number of hydrogen-bond acceptors (Lipinski definition) is 2. The lowest BCUT2D eigenvalue weighted by Gasteiger charge is -2.29. The van der Waals surface area contributed by atoms with Crippen LogP contribution >= 0.6 is 0 Å². The Balaban J connectivity index is 1.72. The van der Waals surface area contributed by atoms with Crippen molar-refractivity contribution in [2.45, 2.75) is 25.3 Å². The Hall–Kier alpha value is -1.61. The number of allylic oxidation sites excluding steroid dienone is 2. The van der Waals surface area contributed by atoms with Gasteiger partial charge >= 0.3 is 0 Å². The summed E-state index contributed by atoms with van der Waals surface area (Å²) in [5, 5.41) is 0. The standard InChI is InChI=1S/C15H13FO2/c1-2-7-17-9-3-4-10-11-5-6-13-15(16,18-13)14(11)12(10)8-9/h3-6,8,13H,2,7H2,1H3. The third-order valence-electron chi connectivity index (χ3n) is 3.68. The van der Waals surface area contributed by atoms with Gasteiger partial charge in [-0.3, -0.25) is 0 Å². The zero-order valence-electron chi connectivity index (χ0n) is 10.1. The van der Waals surface area contributed by atoms with Gasteiger partial charge < -0.3 is 9.47 Å². The lowest BCUT2D eigenvalue weighted by molar-refractivity contribution is 0.202. The highest BCUT2D eigenvalue weighted by Gasteiger charge is 2.64. The van der Waals surface area contributed by atoms with Gasteiger partial charge in [-0.05, 0) is 41.3 Å². The summed E-state index contributed by atoms with van der Waals surface area (Å²) < 4.78 is 25.0. The van der Waals surface area contributed by atoms with E-state index in [0.29, 0.717) is 12.2 Å². The van der Waals surface area contributed by atoms with Crippen LogP contribution in [0.4, 0.5) is 4.39 Å². The highest BCUT2D eigenvalue weighted by atomic mass is 19.2. The molecule has 2 aliphatic carbocycles. The van der Waals surface area contributed by atoms with E-state index in [2.05, 4.69) is 6.92 Å². The van der Waals surface area contributed by atoms with E-state index < -0.39 is 5.85 Å². The fraction of sp³-hybridized carbons (Fsp3) is 0.333. The lowest BCUT2D eigenvalue weighted by atomic mass is 9.75. The fourth-order valence-electron chi connectivity index (χ4n) is 2.73. The molecule has 0 saturated carbocycles. The summed E-state index contributed by atoms with van der Waals surface area (Å²) in [7, 11) is 0. The molecule has 1 aromatic carbocycles. The first-order valence-electron chi connectivity index (χ1n) is 6.31. The number of fused-ring (bicyclic) bond motifs is 5. The second-order valence-electron chi connectivity index (χ2n) is 4.89. The van der Waals surface area contributed by atoms with Gasteiger partial charge in [-0.2, -0.15) is 0 Å². The number of epoxide rings is 1. The maximum Gasteiger partial charge on any atom is 0.267 e. The van der Waals surface area contributed by atoms with Crippen LogP contribution in [0.5, 0.6) is 5.75 Å². The molecule has 1 saturated heterocycles. The normalized spacial score (nSPS) is 30.2. The van der Waals surface area contributed by atoms with Crippen LogP contribution in [0, 0.1) is 0 Å². The van der Waals surface area contributed by atoms with Gasteiger partial charge in [0.05, 0.1) is 6.61 Å². The molecule has 0 spiro atoms. The van der Waals surface area contributed by atoms with Crippen molar-refractivity contribution < 1.29 is 13.9 Å². The Labute approximate surface area is 105 Å². The minimum Gasteiger partial charge on any atom is -0.494 e. The predicted octanol–water partition coefficient (Wildman–Crippen LogP) is 3.33. The molecule has 1 aromatic rings. The van der Waals surface area contributed by atoms with Gasteiger partial charge in [0.25, 0.3) is 5.85 Å². The fourth-order valence-corrected chi connectivity index (χ4v) is 2.73. The maximum absolute atomic E-state index is 14.3. The number of halogens is 1. The van der Waals surface area contributed by atoms with Gasteiger partial charge in [-0.15, -0.1) is 0 Å². The average molecular weight is 244 g/mol. The van der Waals surface area contributed by atoms with Crippen molar-refractivity contribution in [1.29, 1.82) is 0 Å². The van der Waals surface area contributed by atoms with Crippen LogP contribution in [0.25, 0.3) is 11.1 Å². The van der Waals surface area contributed by atoms with Gasteiger partial charge in [-0.25, -0.2) is 4.39 Å². The Kier molecular flexibility index (Phi) is 1.86. The number of hydrogen-bond donors (Lipinski definition) is 0. The van der Waals surface area contributed by atoms with Crippen molar-refractivity contribution >= 4 is 11.1 Å². The van der Waals surface area contributed by atoms with Crippen molar-refractivity contribution in [1.82, 2.24) is 0 Å². The Morgan fingerprint density at radius 3 is 3.11 bits per heavy atom. The SMILES string of the molecule is CCCOc1ccc2c(c1)C1=C2C=CC2OC12F. The third-order valence-corrected chi connectivity index (χ3v) is 3.68. The summed E-state index contributed by atoms with van der Waals surface area (Å²) >= 11 is 0. The van der Waals surface area contributed by atoms with Crippen molar-refractivity contribution in [3.63, 3.8) is 0 Å². The van der Waals surface area contributed by atoms with E-state index in [-0.39, 0.29) is 6.10 Å². The van der Waals surface area contributed by atoms with Gasteiger partial charge in [0.1, 0.15) is 11.9 Å². The van der Waals surface area contributed by atoms with Gasteiger partial charge in [0, 0.05) is 5.57 Å². The highest BCUT2D eigenvalue weighted by Crippen LogP contribution is 2.61. The molecule has 3 heteroatoms. The minimum absolute atomic E-state index is 0.385. The van der Waals surface area contributed by atoms with E-state index in [1.165, 1.54) is 0 Å². The van der Waals surface area contributed by atoms with Crippen LogP contribution in [-0.2, 0) is 4.74 Å². The van der Waals surface area contributed by atoms with E-state index in [0.717, 1.165) is 28.9 Å². The molecule has 18 heavy (non-hydrogen) atoms. The summed E-state index contributed by atoms with van der Waals surface area (Å²) in [5.74, 6) is -0.766. The number of alkyl halides is 1. The van der Waals surface area contributed by atoms with Crippen LogP contribution in [0.1, 0.15) is 24.5 Å². The first-order valence-corrected chi connectivity index (χ1v) is 6.31. The molecule has 0 aromatic heterocycles. The molecule has 0 bridgehead atoms. The van der Waals surface area contributed by atoms with Crippen LogP contribution in [0.3, 0.4) is 0 Å². The molecule has 3 aliphatic rings. The number of ether oxygens (including phenoxy) is 2. The molecule has 1 heterocycles. The molecule has 2 atom stereocenters. The zero-order chi connectivity index (χ0) is 12.3. The summed E-state index contributed by atoms with van der Waals surface area (Å²) in [6.07, 6.45) is 4.33. The molecule has 0 amide bonds. The van der Waals surface area contributed by atoms with Crippen molar-refractivity contribution in [3.05, 3.63) is 41.5 Å². The molecule has 0 N–H and O–H groups in total. The Morgan fingerprint density at radius 1 is 1.39 bits per heavy atom. The third kappa shape index (κ3) is 1.15. The first-order chi connectivity index (χ1) is 8.74. The number of benzene rings is 1. The van der Waals surface area contributed by atoms with E-state index in [4.69, 9.17) is 9.47 Å². The van der Waals surface area contributed by atoms with Gasteiger partial charge in [0.2, 0.25) is 0 Å². The van der Waals surface area contributed by atoms with E-state index in [1.807, 2.05) is 24.3 Å².